The number of nitrogens with zero attached hydrogens (tertiary/aromatic N) is 2. The summed E-state index contributed by atoms with van der Waals surface area (Å²) in [5.74, 6) is -0.190. The van der Waals surface area contributed by atoms with Gasteiger partial charge in [-0.15, -0.1) is 0 Å². The van der Waals surface area contributed by atoms with Crippen LogP contribution < -0.4 is 5.32 Å². The Labute approximate surface area is 96.4 Å². The van der Waals surface area contributed by atoms with Crippen molar-refractivity contribution in [2.75, 3.05) is 26.2 Å². The van der Waals surface area contributed by atoms with Crippen molar-refractivity contribution in [2.24, 2.45) is 0 Å². The van der Waals surface area contributed by atoms with Gasteiger partial charge in [-0.25, -0.2) is 0 Å². The molecule has 2 atom stereocenters. The predicted octanol–water partition coefficient (Wildman–Crippen LogP) is 0.125. The van der Waals surface area contributed by atoms with E-state index in [9.17, 15) is 4.79 Å². The zero-order chi connectivity index (χ0) is 12.0. The monoisotopic (exact) mass is 225 g/mol. The van der Waals surface area contributed by atoms with E-state index >= 15 is 0 Å². The molecule has 0 saturated carbocycles. The topological polar surface area (TPSA) is 65.4 Å². The Hall–Kier alpha value is -1.12. The van der Waals surface area contributed by atoms with Gasteiger partial charge in [0.15, 0.2) is 0 Å². The van der Waals surface area contributed by atoms with E-state index in [4.69, 9.17) is 10.00 Å². The van der Waals surface area contributed by atoms with Crippen LogP contribution >= 0.6 is 0 Å². The van der Waals surface area contributed by atoms with E-state index in [1.165, 1.54) is 0 Å². The maximum atomic E-state index is 11.3. The summed E-state index contributed by atoms with van der Waals surface area (Å²) in [5, 5.41) is 12.2. The van der Waals surface area contributed by atoms with E-state index in [1.807, 2.05) is 6.92 Å². The lowest BCUT2D eigenvalue weighted by molar-refractivity contribution is -0.144. The molecule has 2 unspecified atom stereocenters. The van der Waals surface area contributed by atoms with Gasteiger partial charge in [-0.2, -0.15) is 5.26 Å². The molecule has 0 amide bonds. The fourth-order valence-electron chi connectivity index (χ4n) is 1.95. The number of hydrogen-bond acceptors (Lipinski definition) is 5. The standard InChI is InChI=1S/C11H19N3O2/c1-3-16-11(15)6-9(2)14-5-4-13-8-10(14)7-12/h9-10,13H,3-6,8H2,1-2H3. The Morgan fingerprint density at radius 1 is 1.75 bits per heavy atom. The molecule has 0 aromatic heterocycles. The second kappa shape index (κ2) is 6.46. The third kappa shape index (κ3) is 3.47. The fraction of sp³-hybridized carbons (Fsp3) is 0.818. The maximum Gasteiger partial charge on any atom is 0.307 e. The first-order chi connectivity index (χ1) is 7.69. The highest BCUT2D eigenvalue weighted by Gasteiger charge is 2.27. The Kier molecular flexibility index (Phi) is 5.23. The van der Waals surface area contributed by atoms with E-state index < -0.39 is 0 Å². The minimum Gasteiger partial charge on any atom is -0.466 e. The number of hydrogen-bond donors (Lipinski definition) is 1. The Morgan fingerprint density at radius 2 is 2.50 bits per heavy atom. The molecule has 5 nitrogen and oxygen atoms in total. The number of nitriles is 1. The lowest BCUT2D eigenvalue weighted by atomic mass is 10.1. The first-order valence-corrected chi connectivity index (χ1v) is 5.70. The summed E-state index contributed by atoms with van der Waals surface area (Å²) in [4.78, 5) is 13.4. The minimum atomic E-state index is -0.190. The Morgan fingerprint density at radius 3 is 3.12 bits per heavy atom. The molecule has 1 saturated heterocycles. The molecular formula is C11H19N3O2. The zero-order valence-corrected chi connectivity index (χ0v) is 9.90. The van der Waals surface area contributed by atoms with E-state index in [1.54, 1.807) is 6.92 Å². The second-order valence-electron chi connectivity index (χ2n) is 3.95. The highest BCUT2D eigenvalue weighted by molar-refractivity contribution is 5.70. The number of esters is 1. The first kappa shape index (κ1) is 12.9. The summed E-state index contributed by atoms with van der Waals surface area (Å²) in [6.45, 7) is 6.51. The summed E-state index contributed by atoms with van der Waals surface area (Å²) in [6.07, 6.45) is 0.353. The third-order valence-electron chi connectivity index (χ3n) is 2.77. The van der Waals surface area contributed by atoms with Gasteiger partial charge >= 0.3 is 5.97 Å². The number of ether oxygens (including phenoxy) is 1. The molecule has 16 heavy (non-hydrogen) atoms. The SMILES string of the molecule is CCOC(=O)CC(C)N1CCNCC1C#N. The van der Waals surface area contributed by atoms with Crippen LogP contribution in [-0.4, -0.2) is 49.2 Å². The summed E-state index contributed by atoms with van der Waals surface area (Å²) in [7, 11) is 0. The van der Waals surface area contributed by atoms with Gasteiger partial charge in [0.25, 0.3) is 0 Å². The van der Waals surface area contributed by atoms with Gasteiger partial charge in [-0.1, -0.05) is 0 Å². The van der Waals surface area contributed by atoms with Crippen molar-refractivity contribution in [1.82, 2.24) is 10.2 Å². The van der Waals surface area contributed by atoms with Crippen LogP contribution in [0.4, 0.5) is 0 Å². The van der Waals surface area contributed by atoms with Gasteiger partial charge in [-0.05, 0) is 13.8 Å². The molecule has 0 spiro atoms. The largest absolute Gasteiger partial charge is 0.466 e. The van der Waals surface area contributed by atoms with Crippen molar-refractivity contribution in [3.8, 4) is 6.07 Å². The van der Waals surface area contributed by atoms with Gasteiger partial charge in [-0.3, -0.25) is 9.69 Å². The molecular weight excluding hydrogens is 206 g/mol. The first-order valence-electron chi connectivity index (χ1n) is 5.70. The number of carbonyl (C=O) groups is 1. The van der Waals surface area contributed by atoms with Crippen molar-refractivity contribution < 1.29 is 9.53 Å². The van der Waals surface area contributed by atoms with Crippen LogP contribution in [0, 0.1) is 11.3 Å². The van der Waals surface area contributed by atoms with Crippen LogP contribution in [-0.2, 0) is 9.53 Å². The van der Waals surface area contributed by atoms with Crippen molar-refractivity contribution in [1.29, 1.82) is 5.26 Å². The molecule has 0 radical (unpaired) electrons. The molecule has 90 valence electrons. The lowest BCUT2D eigenvalue weighted by Crippen LogP contribution is -2.54. The van der Waals surface area contributed by atoms with Crippen LogP contribution in [0.5, 0.6) is 0 Å². The molecule has 0 bridgehead atoms. The van der Waals surface area contributed by atoms with E-state index in [0.29, 0.717) is 19.6 Å². The minimum absolute atomic E-state index is 0.0609. The predicted molar refractivity (Wildman–Crippen MR) is 59.7 cm³/mol. The van der Waals surface area contributed by atoms with Gasteiger partial charge in [0.1, 0.15) is 6.04 Å². The average Bonchev–Trinajstić information content (AvgIpc) is 2.29. The van der Waals surface area contributed by atoms with Crippen LogP contribution in [0.2, 0.25) is 0 Å². The highest BCUT2D eigenvalue weighted by Crippen LogP contribution is 2.11. The molecule has 1 N–H and O–H groups in total. The zero-order valence-electron chi connectivity index (χ0n) is 9.90. The number of piperazine rings is 1. The van der Waals surface area contributed by atoms with Gasteiger partial charge in [0.2, 0.25) is 0 Å². The van der Waals surface area contributed by atoms with E-state index in [-0.39, 0.29) is 18.1 Å². The molecule has 1 aliphatic rings. The summed E-state index contributed by atoms with van der Waals surface area (Å²) < 4.78 is 4.91. The van der Waals surface area contributed by atoms with Gasteiger partial charge in [0, 0.05) is 25.7 Å². The normalized spacial score (nSPS) is 23.4. The fourth-order valence-corrected chi connectivity index (χ4v) is 1.95. The van der Waals surface area contributed by atoms with Crippen molar-refractivity contribution in [3.63, 3.8) is 0 Å². The lowest BCUT2D eigenvalue weighted by Gasteiger charge is -2.36. The molecule has 1 aliphatic heterocycles. The van der Waals surface area contributed by atoms with E-state index in [0.717, 1.165) is 13.1 Å². The number of carbonyl (C=O) groups excluding carboxylic acids is 1. The van der Waals surface area contributed by atoms with Crippen LogP contribution in [0.3, 0.4) is 0 Å². The summed E-state index contributed by atoms with van der Waals surface area (Å²) >= 11 is 0. The van der Waals surface area contributed by atoms with E-state index in [2.05, 4.69) is 16.3 Å². The van der Waals surface area contributed by atoms with Crippen LogP contribution in [0.15, 0.2) is 0 Å². The number of nitrogens with one attached hydrogen (secondary N) is 1. The Bertz CT molecular complexity index is 275. The second-order valence-corrected chi connectivity index (χ2v) is 3.95. The average molecular weight is 225 g/mol. The summed E-state index contributed by atoms with van der Waals surface area (Å²) in [6, 6.07) is 2.17. The van der Waals surface area contributed by atoms with Crippen molar-refractivity contribution in [2.45, 2.75) is 32.4 Å². The van der Waals surface area contributed by atoms with Crippen molar-refractivity contribution in [3.05, 3.63) is 0 Å². The number of rotatable bonds is 4. The van der Waals surface area contributed by atoms with Crippen LogP contribution in [0.25, 0.3) is 0 Å². The van der Waals surface area contributed by atoms with Gasteiger partial charge < -0.3 is 10.1 Å². The molecule has 0 aliphatic carbocycles. The smallest absolute Gasteiger partial charge is 0.307 e. The van der Waals surface area contributed by atoms with Crippen molar-refractivity contribution >= 4 is 5.97 Å². The highest BCUT2D eigenvalue weighted by atomic mass is 16.5. The molecule has 1 rings (SSSR count). The molecule has 5 heteroatoms. The third-order valence-corrected chi connectivity index (χ3v) is 2.77. The molecule has 0 aromatic rings. The van der Waals surface area contributed by atoms with Crippen LogP contribution in [0.1, 0.15) is 20.3 Å². The maximum absolute atomic E-state index is 11.3. The van der Waals surface area contributed by atoms with Gasteiger partial charge in [0.05, 0.1) is 19.1 Å². The molecule has 1 heterocycles. The quantitative estimate of drug-likeness (QED) is 0.689. The molecule has 0 aromatic carbocycles. The molecule has 1 fully saturated rings. The summed E-state index contributed by atoms with van der Waals surface area (Å²) in [5.41, 5.74) is 0. The Balaban J connectivity index is 2.48.